The van der Waals surface area contributed by atoms with E-state index in [1.54, 1.807) is 4.90 Å². The molecule has 5 heteroatoms. The van der Waals surface area contributed by atoms with E-state index in [0.717, 1.165) is 12.8 Å². The van der Waals surface area contributed by atoms with Crippen LogP contribution in [-0.2, 0) is 0 Å². The van der Waals surface area contributed by atoms with Gasteiger partial charge in [0.2, 0.25) is 0 Å². The largest absolute Gasteiger partial charge is 0.508 e. The van der Waals surface area contributed by atoms with Gasteiger partial charge in [-0.05, 0) is 43.9 Å². The molecule has 19 heavy (non-hydrogen) atoms. The zero-order valence-electron chi connectivity index (χ0n) is 10.8. The molecule has 0 saturated carbocycles. The summed E-state index contributed by atoms with van der Waals surface area (Å²) in [4.78, 5) is 14.1. The number of rotatable bonds is 2. The maximum Gasteiger partial charge on any atom is 0.255 e. The zero-order valence-corrected chi connectivity index (χ0v) is 12.3. The van der Waals surface area contributed by atoms with E-state index < -0.39 is 0 Å². The van der Waals surface area contributed by atoms with Crippen LogP contribution in [0.15, 0.2) is 18.2 Å². The fourth-order valence-electron chi connectivity index (χ4n) is 2.41. The van der Waals surface area contributed by atoms with E-state index in [9.17, 15) is 9.90 Å². The van der Waals surface area contributed by atoms with Crippen molar-refractivity contribution in [2.75, 3.05) is 13.1 Å². The van der Waals surface area contributed by atoms with Gasteiger partial charge in [-0.15, -0.1) is 11.6 Å². The number of phenolic OH excluding ortho intramolecular Hbond substituents is 1. The Balaban J connectivity index is 2.07. The summed E-state index contributed by atoms with van der Waals surface area (Å²) >= 11 is 12.1. The third kappa shape index (κ3) is 3.34. The molecule has 3 nitrogen and oxygen atoms in total. The highest BCUT2D eigenvalue weighted by Crippen LogP contribution is 2.27. The Hall–Kier alpha value is -0.930. The van der Waals surface area contributed by atoms with E-state index in [1.165, 1.54) is 18.2 Å². The molecule has 1 aromatic rings. The van der Waals surface area contributed by atoms with Crippen molar-refractivity contribution in [3.8, 4) is 5.75 Å². The van der Waals surface area contributed by atoms with Crippen LogP contribution in [-0.4, -0.2) is 34.4 Å². The lowest BCUT2D eigenvalue weighted by Gasteiger charge is -2.33. The summed E-state index contributed by atoms with van der Waals surface area (Å²) in [5, 5.41) is 9.96. The maximum atomic E-state index is 12.3. The Bertz CT molecular complexity index is 469. The average molecular weight is 302 g/mol. The highest BCUT2D eigenvalue weighted by Gasteiger charge is 2.27. The van der Waals surface area contributed by atoms with Crippen LogP contribution in [0.25, 0.3) is 0 Å². The zero-order chi connectivity index (χ0) is 14.0. The molecule has 0 aromatic heterocycles. The van der Waals surface area contributed by atoms with Crippen LogP contribution in [0.3, 0.4) is 0 Å². The van der Waals surface area contributed by atoms with Crippen LogP contribution in [0.5, 0.6) is 5.75 Å². The summed E-state index contributed by atoms with van der Waals surface area (Å²) in [7, 11) is 0. The van der Waals surface area contributed by atoms with E-state index in [2.05, 4.69) is 0 Å². The van der Waals surface area contributed by atoms with Gasteiger partial charge in [-0.3, -0.25) is 4.79 Å². The number of piperidine rings is 1. The maximum absolute atomic E-state index is 12.3. The number of carbonyl (C=O) groups excluding carboxylic acids is 1. The van der Waals surface area contributed by atoms with Gasteiger partial charge in [0.1, 0.15) is 5.75 Å². The fraction of sp³-hybridized carbons (Fsp3) is 0.500. The number of hydrogen-bond acceptors (Lipinski definition) is 2. The molecule has 1 aromatic carbocycles. The van der Waals surface area contributed by atoms with Crippen molar-refractivity contribution in [3.05, 3.63) is 28.8 Å². The molecule has 0 radical (unpaired) electrons. The molecule has 1 aliphatic rings. The van der Waals surface area contributed by atoms with Gasteiger partial charge in [-0.1, -0.05) is 11.6 Å². The van der Waals surface area contributed by atoms with Crippen LogP contribution in [0, 0.1) is 5.92 Å². The highest BCUT2D eigenvalue weighted by atomic mass is 35.5. The average Bonchev–Trinajstić information content (AvgIpc) is 2.41. The number of nitrogens with zero attached hydrogens (tertiary/aromatic N) is 1. The van der Waals surface area contributed by atoms with Crippen molar-refractivity contribution in [2.24, 2.45) is 5.92 Å². The van der Waals surface area contributed by atoms with Crippen LogP contribution in [0.1, 0.15) is 30.1 Å². The summed E-state index contributed by atoms with van der Waals surface area (Å²) in [5.41, 5.74) is 0.360. The van der Waals surface area contributed by atoms with Crippen molar-refractivity contribution in [1.29, 1.82) is 0 Å². The molecule has 1 fully saturated rings. The smallest absolute Gasteiger partial charge is 0.255 e. The molecular weight excluding hydrogens is 285 g/mol. The quantitative estimate of drug-likeness (QED) is 0.849. The van der Waals surface area contributed by atoms with Gasteiger partial charge in [-0.25, -0.2) is 0 Å². The minimum atomic E-state index is -0.124. The molecule has 1 amide bonds. The van der Waals surface area contributed by atoms with Gasteiger partial charge in [-0.2, -0.15) is 0 Å². The summed E-state index contributed by atoms with van der Waals surface area (Å²) < 4.78 is 0. The lowest BCUT2D eigenvalue weighted by molar-refractivity contribution is 0.0690. The molecule has 1 atom stereocenters. The van der Waals surface area contributed by atoms with Gasteiger partial charge in [0, 0.05) is 18.5 Å². The Kier molecular flexibility index (Phi) is 4.58. The molecular formula is C14H17Cl2NO2. The number of halogens is 2. The van der Waals surface area contributed by atoms with Crippen LogP contribution < -0.4 is 0 Å². The Labute approximate surface area is 123 Å². The highest BCUT2D eigenvalue weighted by molar-refractivity contribution is 6.33. The number of aromatic hydroxyl groups is 1. The standard InChI is InChI=1S/C14H17Cl2NO2/c1-9(15)10-4-6-17(7-5-10)14(19)12-8-11(18)2-3-13(12)16/h2-3,8-10,18H,4-7H2,1H3. The molecule has 0 spiro atoms. The molecule has 1 unspecified atom stereocenters. The third-order valence-corrected chi connectivity index (χ3v) is 4.34. The lowest BCUT2D eigenvalue weighted by atomic mass is 9.93. The van der Waals surface area contributed by atoms with E-state index in [1.807, 2.05) is 6.92 Å². The monoisotopic (exact) mass is 301 g/mol. The molecule has 0 aliphatic carbocycles. The predicted molar refractivity (Wildman–Crippen MR) is 77.1 cm³/mol. The molecule has 2 rings (SSSR count). The molecule has 0 bridgehead atoms. The first-order valence-corrected chi connectivity index (χ1v) is 7.22. The van der Waals surface area contributed by atoms with Gasteiger partial charge >= 0.3 is 0 Å². The number of benzene rings is 1. The first-order valence-electron chi connectivity index (χ1n) is 6.41. The minimum Gasteiger partial charge on any atom is -0.508 e. The molecule has 1 heterocycles. The number of hydrogen-bond donors (Lipinski definition) is 1. The number of likely N-dealkylation sites (tertiary alicyclic amines) is 1. The first kappa shape index (κ1) is 14.5. The van der Waals surface area contributed by atoms with Gasteiger partial charge in [0.15, 0.2) is 0 Å². The van der Waals surface area contributed by atoms with E-state index in [0.29, 0.717) is 29.6 Å². The topological polar surface area (TPSA) is 40.5 Å². The normalized spacial score (nSPS) is 18.4. The van der Waals surface area contributed by atoms with Crippen LogP contribution >= 0.6 is 23.2 Å². The van der Waals surface area contributed by atoms with Crippen LogP contribution in [0.4, 0.5) is 0 Å². The summed E-state index contributed by atoms with van der Waals surface area (Å²) in [6.45, 7) is 3.37. The van der Waals surface area contributed by atoms with Gasteiger partial charge in [0.25, 0.3) is 5.91 Å². The van der Waals surface area contributed by atoms with Crippen molar-refractivity contribution >= 4 is 29.1 Å². The Morgan fingerprint density at radius 1 is 1.42 bits per heavy atom. The van der Waals surface area contributed by atoms with Crippen molar-refractivity contribution in [2.45, 2.75) is 25.1 Å². The SMILES string of the molecule is CC(Cl)C1CCN(C(=O)c2cc(O)ccc2Cl)CC1. The predicted octanol–water partition coefficient (Wildman–Crippen LogP) is 3.53. The Morgan fingerprint density at radius 2 is 2.05 bits per heavy atom. The number of carbonyl (C=O) groups is 1. The van der Waals surface area contributed by atoms with Crippen molar-refractivity contribution in [3.63, 3.8) is 0 Å². The lowest BCUT2D eigenvalue weighted by Crippen LogP contribution is -2.40. The number of alkyl halides is 1. The first-order chi connectivity index (χ1) is 8.99. The molecule has 1 aliphatic heterocycles. The summed E-state index contributed by atoms with van der Waals surface area (Å²) in [6.07, 6.45) is 1.82. The Morgan fingerprint density at radius 3 is 2.63 bits per heavy atom. The fourth-order valence-corrected chi connectivity index (χ4v) is 2.86. The van der Waals surface area contributed by atoms with Crippen LogP contribution in [0.2, 0.25) is 5.02 Å². The van der Waals surface area contributed by atoms with E-state index in [4.69, 9.17) is 23.2 Å². The van der Waals surface area contributed by atoms with E-state index in [-0.39, 0.29) is 17.0 Å². The number of amides is 1. The minimum absolute atomic E-state index is 0.0528. The molecule has 1 N–H and O–H groups in total. The summed E-state index contributed by atoms with van der Waals surface area (Å²) in [5.74, 6) is 0.393. The van der Waals surface area contributed by atoms with E-state index >= 15 is 0 Å². The third-order valence-electron chi connectivity index (χ3n) is 3.66. The second kappa shape index (κ2) is 6.02. The second-order valence-corrected chi connectivity index (χ2v) is 6.07. The number of phenols is 1. The summed E-state index contributed by atoms with van der Waals surface area (Å²) in [6, 6.07) is 4.43. The van der Waals surface area contributed by atoms with Gasteiger partial charge in [0.05, 0.1) is 10.6 Å². The van der Waals surface area contributed by atoms with Crippen molar-refractivity contribution < 1.29 is 9.90 Å². The van der Waals surface area contributed by atoms with Crippen molar-refractivity contribution in [1.82, 2.24) is 4.90 Å². The second-order valence-electron chi connectivity index (χ2n) is 4.97. The molecule has 104 valence electrons. The molecule has 1 saturated heterocycles. The van der Waals surface area contributed by atoms with Gasteiger partial charge < -0.3 is 10.0 Å².